The zero-order valence-corrected chi connectivity index (χ0v) is 19.4. The van der Waals surface area contributed by atoms with Gasteiger partial charge in [-0.25, -0.2) is 4.98 Å². The molecular formula is C23H20BrN3O3S. The normalized spacial score (nSPS) is 12.0. The van der Waals surface area contributed by atoms with Crippen molar-refractivity contribution in [2.45, 2.75) is 19.9 Å². The average molecular weight is 498 g/mol. The summed E-state index contributed by atoms with van der Waals surface area (Å²) in [6, 6.07) is 14.2. The van der Waals surface area contributed by atoms with Gasteiger partial charge in [0.2, 0.25) is 5.91 Å². The van der Waals surface area contributed by atoms with E-state index in [2.05, 4.69) is 26.2 Å². The fourth-order valence-corrected chi connectivity index (χ4v) is 4.45. The smallest absolute Gasteiger partial charge is 0.263 e. The number of carbonyl (C=O) groups excluding carboxylic acids is 1. The van der Waals surface area contributed by atoms with Crippen molar-refractivity contribution >= 4 is 49.1 Å². The van der Waals surface area contributed by atoms with Crippen LogP contribution in [-0.4, -0.2) is 22.1 Å². The zero-order chi connectivity index (χ0) is 22.0. The highest BCUT2D eigenvalue weighted by Gasteiger charge is 2.21. The van der Waals surface area contributed by atoms with E-state index in [1.165, 1.54) is 22.2 Å². The number of thiophene rings is 1. The van der Waals surface area contributed by atoms with Crippen molar-refractivity contribution in [3.8, 4) is 16.9 Å². The molecular weight excluding hydrogens is 478 g/mol. The number of para-hydroxylation sites is 2. The van der Waals surface area contributed by atoms with Gasteiger partial charge in [0.05, 0.1) is 24.0 Å². The maximum atomic E-state index is 13.3. The van der Waals surface area contributed by atoms with E-state index in [1.54, 1.807) is 19.1 Å². The van der Waals surface area contributed by atoms with Gasteiger partial charge in [-0.3, -0.25) is 14.2 Å². The molecule has 4 rings (SSSR count). The van der Waals surface area contributed by atoms with Crippen LogP contribution in [0.4, 0.5) is 5.69 Å². The van der Waals surface area contributed by atoms with Crippen molar-refractivity contribution in [1.82, 2.24) is 9.55 Å². The van der Waals surface area contributed by atoms with Crippen molar-refractivity contribution in [2.75, 3.05) is 11.9 Å². The number of aromatic nitrogens is 2. The largest absolute Gasteiger partial charge is 0.492 e. The molecule has 1 N–H and O–H groups in total. The Balaban J connectivity index is 1.69. The van der Waals surface area contributed by atoms with E-state index in [9.17, 15) is 9.59 Å². The van der Waals surface area contributed by atoms with E-state index in [-0.39, 0.29) is 11.5 Å². The first kappa shape index (κ1) is 21.3. The minimum absolute atomic E-state index is 0.245. The molecule has 158 valence electrons. The Kier molecular flexibility index (Phi) is 6.20. The highest BCUT2D eigenvalue weighted by molar-refractivity contribution is 9.10. The monoisotopic (exact) mass is 497 g/mol. The van der Waals surface area contributed by atoms with E-state index >= 15 is 0 Å². The van der Waals surface area contributed by atoms with Crippen molar-refractivity contribution in [1.29, 1.82) is 0 Å². The Morgan fingerprint density at radius 3 is 2.71 bits per heavy atom. The second kappa shape index (κ2) is 9.03. The summed E-state index contributed by atoms with van der Waals surface area (Å²) in [5.74, 6) is 0.262. The third kappa shape index (κ3) is 4.26. The maximum Gasteiger partial charge on any atom is 0.263 e. The van der Waals surface area contributed by atoms with Crippen LogP contribution in [0.1, 0.15) is 19.9 Å². The van der Waals surface area contributed by atoms with Crippen LogP contribution in [0.15, 0.2) is 69.5 Å². The Morgan fingerprint density at radius 2 is 1.97 bits per heavy atom. The molecule has 8 heteroatoms. The van der Waals surface area contributed by atoms with Gasteiger partial charge in [-0.1, -0.05) is 40.2 Å². The van der Waals surface area contributed by atoms with E-state index in [1.807, 2.05) is 48.7 Å². The quantitative estimate of drug-likeness (QED) is 0.382. The number of nitrogens with one attached hydrogen (secondary N) is 1. The zero-order valence-electron chi connectivity index (χ0n) is 17.0. The lowest BCUT2D eigenvalue weighted by Crippen LogP contribution is -2.31. The molecule has 0 unspecified atom stereocenters. The topological polar surface area (TPSA) is 73.2 Å². The highest BCUT2D eigenvalue weighted by Crippen LogP contribution is 2.31. The Hall–Kier alpha value is -2.97. The first-order valence-electron chi connectivity index (χ1n) is 9.76. The highest BCUT2D eigenvalue weighted by atomic mass is 79.9. The summed E-state index contributed by atoms with van der Waals surface area (Å²) in [5, 5.41) is 5.31. The fourth-order valence-electron chi connectivity index (χ4n) is 3.28. The van der Waals surface area contributed by atoms with Gasteiger partial charge in [-0.05, 0) is 43.7 Å². The summed E-state index contributed by atoms with van der Waals surface area (Å²) in [7, 11) is 0. The predicted molar refractivity (Wildman–Crippen MR) is 128 cm³/mol. The molecule has 0 radical (unpaired) electrons. The van der Waals surface area contributed by atoms with Gasteiger partial charge in [0.15, 0.2) is 0 Å². The number of hydrogen-bond donors (Lipinski definition) is 1. The van der Waals surface area contributed by atoms with Crippen molar-refractivity contribution in [3.63, 3.8) is 0 Å². The van der Waals surface area contributed by atoms with Crippen LogP contribution in [0.5, 0.6) is 5.75 Å². The molecule has 31 heavy (non-hydrogen) atoms. The van der Waals surface area contributed by atoms with E-state index < -0.39 is 6.04 Å². The third-order valence-corrected chi connectivity index (χ3v) is 6.33. The Bertz CT molecular complexity index is 1300. The standard InChI is InChI=1S/C23H20BrN3O3S/c1-3-30-19-7-5-4-6-18(19)26-21(28)14(2)27-13-25-22-20(23(27)29)17(12-31-22)15-8-10-16(24)11-9-15/h4-14H,3H2,1-2H3,(H,26,28)/t14-/m1/s1. The van der Waals surface area contributed by atoms with Crippen LogP contribution < -0.4 is 15.6 Å². The van der Waals surface area contributed by atoms with Crippen LogP contribution >= 0.6 is 27.3 Å². The van der Waals surface area contributed by atoms with Crippen molar-refractivity contribution in [2.24, 2.45) is 0 Å². The second-order valence-corrected chi connectivity index (χ2v) is 8.66. The minimum Gasteiger partial charge on any atom is -0.492 e. The molecule has 2 aromatic heterocycles. The fraction of sp³-hybridized carbons (Fsp3) is 0.174. The van der Waals surface area contributed by atoms with E-state index in [0.29, 0.717) is 28.3 Å². The number of halogens is 1. The van der Waals surface area contributed by atoms with Crippen LogP contribution in [0.2, 0.25) is 0 Å². The Morgan fingerprint density at radius 1 is 1.23 bits per heavy atom. The molecule has 4 aromatic rings. The average Bonchev–Trinajstić information content (AvgIpc) is 3.21. The number of nitrogens with zero attached hydrogens (tertiary/aromatic N) is 2. The lowest BCUT2D eigenvalue weighted by molar-refractivity contribution is -0.118. The van der Waals surface area contributed by atoms with Crippen molar-refractivity contribution < 1.29 is 9.53 Å². The number of rotatable bonds is 6. The van der Waals surface area contributed by atoms with Gasteiger partial charge in [0, 0.05) is 15.4 Å². The summed E-state index contributed by atoms with van der Waals surface area (Å²) < 4.78 is 7.90. The SMILES string of the molecule is CCOc1ccccc1NC(=O)[C@@H](C)n1cnc2scc(-c3ccc(Br)cc3)c2c1=O. The summed E-state index contributed by atoms with van der Waals surface area (Å²) in [4.78, 5) is 31.3. The molecule has 0 aliphatic heterocycles. The molecule has 0 aliphatic rings. The molecule has 1 amide bonds. The lowest BCUT2D eigenvalue weighted by atomic mass is 10.1. The second-order valence-electron chi connectivity index (χ2n) is 6.89. The number of carbonyl (C=O) groups is 1. The molecule has 0 aliphatic carbocycles. The van der Waals surface area contributed by atoms with Crippen molar-refractivity contribution in [3.05, 3.63) is 75.1 Å². The van der Waals surface area contributed by atoms with Crippen LogP contribution in [0, 0.1) is 0 Å². The number of ether oxygens (including phenoxy) is 1. The molecule has 2 heterocycles. The van der Waals surface area contributed by atoms with Crippen LogP contribution in [0.25, 0.3) is 21.3 Å². The van der Waals surface area contributed by atoms with Gasteiger partial charge in [-0.15, -0.1) is 11.3 Å². The lowest BCUT2D eigenvalue weighted by Gasteiger charge is -2.17. The number of anilines is 1. The molecule has 0 saturated carbocycles. The summed E-state index contributed by atoms with van der Waals surface area (Å²) >= 11 is 4.85. The first-order valence-corrected chi connectivity index (χ1v) is 11.4. The number of benzene rings is 2. The number of hydrogen-bond acceptors (Lipinski definition) is 5. The number of amides is 1. The molecule has 1 atom stereocenters. The molecule has 0 spiro atoms. The number of fused-ring (bicyclic) bond motifs is 1. The van der Waals surface area contributed by atoms with Crippen LogP contribution in [0.3, 0.4) is 0 Å². The molecule has 0 bridgehead atoms. The molecule has 0 saturated heterocycles. The molecule has 2 aromatic carbocycles. The predicted octanol–water partition coefficient (Wildman–Crippen LogP) is 5.49. The molecule has 0 fully saturated rings. The van der Waals surface area contributed by atoms with Gasteiger partial charge >= 0.3 is 0 Å². The third-order valence-electron chi connectivity index (χ3n) is 4.92. The van der Waals surface area contributed by atoms with Gasteiger partial charge in [0.1, 0.15) is 16.6 Å². The maximum absolute atomic E-state index is 13.3. The summed E-state index contributed by atoms with van der Waals surface area (Å²) in [5.41, 5.74) is 2.06. The summed E-state index contributed by atoms with van der Waals surface area (Å²) in [6.07, 6.45) is 1.44. The Labute approximate surface area is 191 Å². The van der Waals surface area contributed by atoms with E-state index in [0.717, 1.165) is 15.6 Å². The van der Waals surface area contributed by atoms with E-state index in [4.69, 9.17) is 4.74 Å². The van der Waals surface area contributed by atoms with Gasteiger partial charge in [-0.2, -0.15) is 0 Å². The molecule has 6 nitrogen and oxygen atoms in total. The summed E-state index contributed by atoms with van der Waals surface area (Å²) in [6.45, 7) is 4.05. The first-order chi connectivity index (χ1) is 15.0. The minimum atomic E-state index is -0.753. The van der Waals surface area contributed by atoms with Gasteiger partial charge < -0.3 is 10.1 Å². The van der Waals surface area contributed by atoms with Gasteiger partial charge in [0.25, 0.3) is 5.56 Å². The van der Waals surface area contributed by atoms with Crippen LogP contribution in [-0.2, 0) is 4.79 Å².